The van der Waals surface area contributed by atoms with E-state index in [1.54, 1.807) is 6.26 Å². The quantitative estimate of drug-likeness (QED) is 0.902. The highest BCUT2D eigenvalue weighted by molar-refractivity contribution is 9.10. The number of furan rings is 1. The molecule has 0 fully saturated rings. The number of nitrogens with one attached hydrogen (secondary N) is 2. The fourth-order valence-electron chi connectivity index (χ4n) is 2.47. The lowest BCUT2D eigenvalue weighted by molar-refractivity contribution is -0.117. The van der Waals surface area contributed by atoms with Gasteiger partial charge in [-0.3, -0.25) is 10.1 Å². The number of rotatable bonds is 4. The Labute approximate surface area is 125 Å². The van der Waals surface area contributed by atoms with Crippen LogP contribution < -0.4 is 10.6 Å². The molecule has 0 saturated carbocycles. The lowest BCUT2D eigenvalue weighted by Crippen LogP contribution is -2.35. The van der Waals surface area contributed by atoms with Crippen molar-refractivity contribution in [3.05, 3.63) is 52.4 Å². The normalized spacial score (nSPS) is 18.7. The first-order valence-electron chi connectivity index (χ1n) is 6.52. The lowest BCUT2D eigenvalue weighted by Gasteiger charge is -2.17. The van der Waals surface area contributed by atoms with Crippen LogP contribution in [0.2, 0.25) is 0 Å². The van der Waals surface area contributed by atoms with E-state index in [1.807, 2.05) is 37.3 Å². The molecule has 5 heteroatoms. The van der Waals surface area contributed by atoms with Crippen molar-refractivity contribution in [3.63, 3.8) is 0 Å². The van der Waals surface area contributed by atoms with Crippen molar-refractivity contribution in [2.45, 2.75) is 25.4 Å². The first-order valence-corrected chi connectivity index (χ1v) is 7.31. The molecule has 104 valence electrons. The van der Waals surface area contributed by atoms with Gasteiger partial charge in [-0.25, -0.2) is 0 Å². The molecule has 2 N–H and O–H groups in total. The van der Waals surface area contributed by atoms with Gasteiger partial charge in [0.1, 0.15) is 11.8 Å². The second-order valence-corrected chi connectivity index (χ2v) is 5.92. The van der Waals surface area contributed by atoms with Gasteiger partial charge in [-0.1, -0.05) is 22.0 Å². The predicted molar refractivity (Wildman–Crippen MR) is 80.5 cm³/mol. The highest BCUT2D eigenvalue weighted by atomic mass is 79.9. The summed E-state index contributed by atoms with van der Waals surface area (Å²) in [5, 5.41) is 6.25. The molecule has 2 aromatic rings. The molecular weight excluding hydrogens is 320 g/mol. The SMILES string of the molecule is CC(Cc1ccco1)NC1C(=O)Nc2cc(Br)ccc21. The monoisotopic (exact) mass is 334 g/mol. The van der Waals surface area contributed by atoms with E-state index >= 15 is 0 Å². The van der Waals surface area contributed by atoms with Crippen LogP contribution in [-0.4, -0.2) is 11.9 Å². The van der Waals surface area contributed by atoms with Gasteiger partial charge in [-0.05, 0) is 31.2 Å². The van der Waals surface area contributed by atoms with Gasteiger partial charge in [0, 0.05) is 28.2 Å². The molecule has 1 amide bonds. The summed E-state index contributed by atoms with van der Waals surface area (Å²) in [6.45, 7) is 2.05. The Kier molecular flexibility index (Phi) is 3.63. The van der Waals surface area contributed by atoms with E-state index in [9.17, 15) is 4.79 Å². The van der Waals surface area contributed by atoms with E-state index in [2.05, 4.69) is 26.6 Å². The summed E-state index contributed by atoms with van der Waals surface area (Å²) in [7, 11) is 0. The molecule has 0 bridgehead atoms. The number of amides is 1. The minimum Gasteiger partial charge on any atom is -0.469 e. The third-order valence-corrected chi connectivity index (χ3v) is 3.88. The van der Waals surface area contributed by atoms with Crippen LogP contribution >= 0.6 is 15.9 Å². The third kappa shape index (κ3) is 2.64. The minimum atomic E-state index is -0.303. The Balaban J connectivity index is 1.73. The molecule has 1 aromatic carbocycles. The Morgan fingerprint density at radius 3 is 3.05 bits per heavy atom. The van der Waals surface area contributed by atoms with Crippen LogP contribution in [0.15, 0.2) is 45.5 Å². The number of carbonyl (C=O) groups is 1. The van der Waals surface area contributed by atoms with E-state index < -0.39 is 0 Å². The summed E-state index contributed by atoms with van der Waals surface area (Å²) in [5.74, 6) is 0.906. The van der Waals surface area contributed by atoms with Crippen molar-refractivity contribution < 1.29 is 9.21 Å². The molecule has 1 aliphatic heterocycles. The molecule has 0 spiro atoms. The summed E-state index contributed by atoms with van der Waals surface area (Å²) < 4.78 is 6.29. The zero-order valence-corrected chi connectivity index (χ0v) is 12.6. The molecule has 1 aromatic heterocycles. The number of benzene rings is 1. The van der Waals surface area contributed by atoms with E-state index in [0.717, 1.165) is 27.9 Å². The predicted octanol–water partition coefficient (Wildman–Crippen LogP) is 3.26. The molecule has 1 aliphatic rings. The van der Waals surface area contributed by atoms with Gasteiger partial charge < -0.3 is 9.73 Å². The second-order valence-electron chi connectivity index (χ2n) is 5.01. The highest BCUT2D eigenvalue weighted by Crippen LogP contribution is 2.33. The summed E-state index contributed by atoms with van der Waals surface area (Å²) in [6.07, 6.45) is 2.42. The first kappa shape index (κ1) is 13.4. The maximum atomic E-state index is 12.1. The smallest absolute Gasteiger partial charge is 0.246 e. The van der Waals surface area contributed by atoms with Gasteiger partial charge in [-0.2, -0.15) is 0 Å². The lowest BCUT2D eigenvalue weighted by atomic mass is 10.1. The van der Waals surface area contributed by atoms with Gasteiger partial charge in [0.15, 0.2) is 0 Å². The van der Waals surface area contributed by atoms with E-state index in [4.69, 9.17) is 4.42 Å². The molecular formula is C15H15BrN2O2. The number of anilines is 1. The molecule has 20 heavy (non-hydrogen) atoms. The largest absolute Gasteiger partial charge is 0.469 e. The molecule has 0 aliphatic carbocycles. The Bertz CT molecular complexity index is 625. The van der Waals surface area contributed by atoms with Gasteiger partial charge in [0.05, 0.1) is 6.26 Å². The zero-order chi connectivity index (χ0) is 14.1. The van der Waals surface area contributed by atoms with E-state index in [1.165, 1.54) is 0 Å². The van der Waals surface area contributed by atoms with Crippen molar-refractivity contribution in [2.75, 3.05) is 5.32 Å². The van der Waals surface area contributed by atoms with Gasteiger partial charge in [0.2, 0.25) is 5.91 Å². The van der Waals surface area contributed by atoms with Crippen LogP contribution in [0.25, 0.3) is 0 Å². The number of hydrogen-bond donors (Lipinski definition) is 2. The molecule has 2 heterocycles. The Hall–Kier alpha value is -1.59. The highest BCUT2D eigenvalue weighted by Gasteiger charge is 2.31. The van der Waals surface area contributed by atoms with Crippen LogP contribution in [-0.2, 0) is 11.2 Å². The number of carbonyl (C=O) groups excluding carboxylic acids is 1. The number of fused-ring (bicyclic) bond motifs is 1. The number of halogens is 1. The van der Waals surface area contributed by atoms with Crippen LogP contribution in [0.4, 0.5) is 5.69 Å². The summed E-state index contributed by atoms with van der Waals surface area (Å²) in [6, 6.07) is 9.50. The maximum absolute atomic E-state index is 12.1. The van der Waals surface area contributed by atoms with Gasteiger partial charge in [0.25, 0.3) is 0 Å². The minimum absolute atomic E-state index is 0.00982. The van der Waals surface area contributed by atoms with Crippen molar-refractivity contribution >= 4 is 27.5 Å². The molecule has 4 nitrogen and oxygen atoms in total. The van der Waals surface area contributed by atoms with Crippen molar-refractivity contribution in [3.8, 4) is 0 Å². The maximum Gasteiger partial charge on any atom is 0.246 e. The average molecular weight is 335 g/mol. The second kappa shape index (κ2) is 5.42. The van der Waals surface area contributed by atoms with Crippen molar-refractivity contribution in [1.29, 1.82) is 0 Å². The standard InChI is InChI=1S/C15H15BrN2O2/c1-9(7-11-3-2-6-20-11)17-14-12-5-4-10(16)8-13(12)18-15(14)19/h2-6,8-9,14,17H,7H2,1H3,(H,18,19). The zero-order valence-electron chi connectivity index (χ0n) is 11.0. The summed E-state index contributed by atoms with van der Waals surface area (Å²) in [5.41, 5.74) is 1.86. The molecule has 3 rings (SSSR count). The first-order chi connectivity index (χ1) is 9.63. The van der Waals surface area contributed by atoms with Gasteiger partial charge >= 0.3 is 0 Å². The van der Waals surface area contributed by atoms with Crippen molar-refractivity contribution in [1.82, 2.24) is 5.32 Å². The molecule has 2 unspecified atom stereocenters. The molecule has 2 atom stereocenters. The van der Waals surface area contributed by atoms with Crippen LogP contribution in [0.3, 0.4) is 0 Å². The molecule has 0 radical (unpaired) electrons. The summed E-state index contributed by atoms with van der Waals surface area (Å²) >= 11 is 3.41. The average Bonchev–Trinajstić information content (AvgIpc) is 2.98. The topological polar surface area (TPSA) is 54.3 Å². The van der Waals surface area contributed by atoms with Crippen LogP contribution in [0.5, 0.6) is 0 Å². The fraction of sp³-hybridized carbons (Fsp3) is 0.267. The third-order valence-electron chi connectivity index (χ3n) is 3.39. The summed E-state index contributed by atoms with van der Waals surface area (Å²) in [4.78, 5) is 12.1. The van der Waals surface area contributed by atoms with Crippen molar-refractivity contribution in [2.24, 2.45) is 0 Å². The van der Waals surface area contributed by atoms with Crippen LogP contribution in [0.1, 0.15) is 24.3 Å². The fourth-order valence-corrected chi connectivity index (χ4v) is 2.84. The van der Waals surface area contributed by atoms with E-state index in [-0.39, 0.29) is 18.0 Å². The Morgan fingerprint density at radius 2 is 2.30 bits per heavy atom. The Morgan fingerprint density at radius 1 is 1.45 bits per heavy atom. The molecule has 0 saturated heterocycles. The van der Waals surface area contributed by atoms with Gasteiger partial charge in [-0.15, -0.1) is 0 Å². The number of hydrogen-bond acceptors (Lipinski definition) is 3. The van der Waals surface area contributed by atoms with E-state index in [0.29, 0.717) is 0 Å². The van der Waals surface area contributed by atoms with Crippen LogP contribution in [0, 0.1) is 0 Å².